The molecule has 0 aromatic heterocycles. The van der Waals surface area contributed by atoms with Crippen LogP contribution in [-0.4, -0.2) is 0 Å². The van der Waals surface area contributed by atoms with Crippen LogP contribution in [-0.2, 0) is 31.6 Å². The van der Waals surface area contributed by atoms with Gasteiger partial charge in [0, 0.05) is 31.6 Å². The summed E-state index contributed by atoms with van der Waals surface area (Å²) < 4.78 is 0. The molecule has 1 unspecified atom stereocenters. The Kier molecular flexibility index (Phi) is 3.95. The molecular weight excluding hydrogens is 331 g/mol. The topological polar surface area (TPSA) is 0 Å². The molecular formula is C20H15Zr-. The van der Waals surface area contributed by atoms with Crippen molar-refractivity contribution in [3.8, 4) is 0 Å². The Morgan fingerprint density at radius 2 is 1.62 bits per heavy atom. The van der Waals surface area contributed by atoms with Crippen LogP contribution < -0.4 is 0 Å². The average molecular weight is 347 g/mol. The quantitative estimate of drug-likeness (QED) is 0.692. The summed E-state index contributed by atoms with van der Waals surface area (Å²) in [5.41, 5.74) is 5.09. The summed E-state index contributed by atoms with van der Waals surface area (Å²) in [7, 11) is 0. The van der Waals surface area contributed by atoms with Crippen LogP contribution in [0.1, 0.15) is 23.1 Å². The van der Waals surface area contributed by atoms with E-state index in [9.17, 15) is 0 Å². The molecule has 1 heteroatoms. The van der Waals surface area contributed by atoms with Crippen LogP contribution in [0.2, 0.25) is 0 Å². The van der Waals surface area contributed by atoms with Crippen LogP contribution in [0.3, 0.4) is 0 Å². The molecule has 4 rings (SSSR count). The van der Waals surface area contributed by atoms with Gasteiger partial charge >= 0.3 is 0 Å². The monoisotopic (exact) mass is 345 g/mol. The minimum atomic E-state index is -0.162. The van der Waals surface area contributed by atoms with Gasteiger partial charge in [0.05, 0.1) is 0 Å². The number of rotatable bonds is 2. The van der Waals surface area contributed by atoms with E-state index in [-0.39, 0.29) is 31.6 Å². The Labute approximate surface area is 145 Å². The first-order chi connectivity index (χ1) is 9.91. The first kappa shape index (κ1) is 14.5. The van der Waals surface area contributed by atoms with Crippen molar-refractivity contribution < 1.29 is 26.2 Å². The number of hydrogen-bond donors (Lipinski definition) is 0. The molecule has 0 amide bonds. The van der Waals surface area contributed by atoms with E-state index in [1.165, 1.54) is 22.3 Å². The fraction of sp³-hybridized carbons (Fsp3) is 0.100. The molecule has 0 spiro atoms. The molecule has 0 bridgehead atoms. The summed E-state index contributed by atoms with van der Waals surface area (Å²) >= 11 is 0. The van der Waals surface area contributed by atoms with E-state index in [2.05, 4.69) is 85.0 Å². The molecule has 0 radical (unpaired) electrons. The molecule has 21 heavy (non-hydrogen) atoms. The zero-order chi connectivity index (χ0) is 13.4. The molecule has 0 nitrogen and oxygen atoms in total. The third-order valence-electron chi connectivity index (χ3n) is 4.25. The Hall–Kier alpha value is -1.46. The van der Waals surface area contributed by atoms with Crippen LogP contribution in [0.25, 0.3) is 6.08 Å². The number of allylic oxidation sites excluding steroid dienone is 5. The van der Waals surface area contributed by atoms with E-state index in [1.807, 2.05) is 0 Å². The average Bonchev–Trinajstić information content (AvgIpc) is 3.16. The summed E-state index contributed by atoms with van der Waals surface area (Å²) in [5, 5.41) is 0. The smallest absolute Gasteiger partial charge is 0.0310 e. The number of hydrogen-bond acceptors (Lipinski definition) is 0. The fourth-order valence-electron chi connectivity index (χ4n) is 3.32. The maximum Gasteiger partial charge on any atom is 0.0310 e. The van der Waals surface area contributed by atoms with Crippen molar-refractivity contribution in [3.63, 3.8) is 0 Å². The minimum Gasteiger partial charge on any atom is -0.268 e. The van der Waals surface area contributed by atoms with Crippen LogP contribution in [0, 0.1) is 6.08 Å². The zero-order valence-corrected chi connectivity index (χ0v) is 14.2. The van der Waals surface area contributed by atoms with Crippen molar-refractivity contribution >= 4 is 6.08 Å². The van der Waals surface area contributed by atoms with E-state index < -0.39 is 0 Å². The van der Waals surface area contributed by atoms with E-state index >= 15 is 0 Å². The van der Waals surface area contributed by atoms with Crippen LogP contribution >= 0.6 is 0 Å². The Morgan fingerprint density at radius 3 is 2.38 bits per heavy atom. The van der Waals surface area contributed by atoms with Crippen LogP contribution in [0.4, 0.5) is 0 Å². The SMILES string of the molecule is [C-]1=C(C2(c3ccccc3)C=Cc3ccccc32)C=CC1.[Zr]. The van der Waals surface area contributed by atoms with E-state index in [1.54, 1.807) is 0 Å². The first-order valence-corrected chi connectivity index (χ1v) is 7.03. The van der Waals surface area contributed by atoms with Gasteiger partial charge in [-0.1, -0.05) is 66.7 Å². The van der Waals surface area contributed by atoms with Crippen molar-refractivity contribution in [1.82, 2.24) is 0 Å². The zero-order valence-electron chi connectivity index (χ0n) is 11.7. The van der Waals surface area contributed by atoms with Gasteiger partial charge in [-0.2, -0.15) is 6.08 Å². The van der Waals surface area contributed by atoms with Gasteiger partial charge in [-0.05, 0) is 16.7 Å². The third kappa shape index (κ3) is 2.15. The normalized spacial score (nSPS) is 21.8. The summed E-state index contributed by atoms with van der Waals surface area (Å²) in [6.07, 6.45) is 13.4. The second-order valence-corrected chi connectivity index (χ2v) is 5.29. The van der Waals surface area contributed by atoms with E-state index in [0.717, 1.165) is 6.42 Å². The molecule has 1 atom stereocenters. The van der Waals surface area contributed by atoms with Gasteiger partial charge in [0.1, 0.15) is 0 Å². The van der Waals surface area contributed by atoms with Crippen molar-refractivity contribution in [2.45, 2.75) is 11.8 Å². The summed E-state index contributed by atoms with van der Waals surface area (Å²) in [6, 6.07) is 19.4. The molecule has 2 aliphatic rings. The molecule has 0 aliphatic heterocycles. The first-order valence-electron chi connectivity index (χ1n) is 7.03. The summed E-state index contributed by atoms with van der Waals surface area (Å²) in [4.78, 5) is 0. The fourth-order valence-corrected chi connectivity index (χ4v) is 3.32. The van der Waals surface area contributed by atoms with Gasteiger partial charge in [0.15, 0.2) is 0 Å². The predicted molar refractivity (Wildman–Crippen MR) is 83.2 cm³/mol. The van der Waals surface area contributed by atoms with E-state index in [0.29, 0.717) is 0 Å². The largest absolute Gasteiger partial charge is 0.268 e. The minimum absolute atomic E-state index is 0. The Bertz CT molecular complexity index is 737. The summed E-state index contributed by atoms with van der Waals surface area (Å²) in [6.45, 7) is 0. The Balaban J connectivity index is 0.00000132. The van der Waals surface area contributed by atoms with Gasteiger partial charge in [0.25, 0.3) is 0 Å². The van der Waals surface area contributed by atoms with Crippen molar-refractivity contribution in [3.05, 3.63) is 101 Å². The van der Waals surface area contributed by atoms with Gasteiger partial charge < -0.3 is 0 Å². The second-order valence-electron chi connectivity index (χ2n) is 5.29. The molecule has 0 saturated carbocycles. The van der Waals surface area contributed by atoms with Gasteiger partial charge in [0.2, 0.25) is 0 Å². The molecule has 2 aliphatic carbocycles. The Morgan fingerprint density at radius 1 is 0.857 bits per heavy atom. The van der Waals surface area contributed by atoms with Gasteiger partial charge in [-0.15, -0.1) is 6.42 Å². The predicted octanol–water partition coefficient (Wildman–Crippen LogP) is 4.69. The second kappa shape index (κ2) is 5.74. The molecule has 0 heterocycles. The molecule has 100 valence electrons. The van der Waals surface area contributed by atoms with E-state index in [4.69, 9.17) is 0 Å². The van der Waals surface area contributed by atoms with Crippen molar-refractivity contribution in [2.75, 3.05) is 0 Å². The van der Waals surface area contributed by atoms with Crippen LogP contribution in [0.15, 0.2) is 78.4 Å². The van der Waals surface area contributed by atoms with Crippen molar-refractivity contribution in [1.29, 1.82) is 0 Å². The maximum absolute atomic E-state index is 3.53. The molecule has 0 N–H and O–H groups in total. The number of benzene rings is 2. The maximum atomic E-state index is 3.53. The summed E-state index contributed by atoms with van der Waals surface area (Å²) in [5.74, 6) is 0. The molecule has 2 aromatic rings. The molecule has 0 fully saturated rings. The van der Waals surface area contributed by atoms with Gasteiger partial charge in [-0.25, -0.2) is 11.6 Å². The molecule has 2 aromatic carbocycles. The van der Waals surface area contributed by atoms with Gasteiger partial charge in [-0.3, -0.25) is 6.08 Å². The number of fused-ring (bicyclic) bond motifs is 1. The molecule has 0 saturated heterocycles. The van der Waals surface area contributed by atoms with Crippen LogP contribution in [0.5, 0.6) is 0 Å². The third-order valence-corrected chi connectivity index (χ3v) is 4.25. The standard InChI is InChI=1S/C20H15.Zr/c1-2-9-17(10-3-1)20(18-11-5-6-12-18)15-14-16-8-4-7-13-19(16)20;/h1-5,7-11,13-15H,6H2;/q-1;. The van der Waals surface area contributed by atoms with Crippen molar-refractivity contribution in [2.24, 2.45) is 0 Å².